The Balaban J connectivity index is 1.65. The molecule has 218 valence electrons. The number of benzene rings is 2. The van der Waals surface area contributed by atoms with Gasteiger partial charge in [0, 0.05) is 42.7 Å². The van der Waals surface area contributed by atoms with E-state index in [4.69, 9.17) is 25.3 Å². The third-order valence-electron chi connectivity index (χ3n) is 7.75. The van der Waals surface area contributed by atoms with E-state index >= 15 is 0 Å². The Hall–Kier alpha value is -3.10. The summed E-state index contributed by atoms with van der Waals surface area (Å²) in [6.45, 7) is 11.9. The topological polar surface area (TPSA) is 96.0 Å². The number of ether oxygens (including phenoxy) is 2. The molecule has 0 aromatic heterocycles. The predicted octanol–water partition coefficient (Wildman–Crippen LogP) is 7.22. The van der Waals surface area contributed by atoms with Crippen molar-refractivity contribution in [2.45, 2.75) is 78.0 Å². The minimum atomic E-state index is -4.22. The van der Waals surface area contributed by atoms with Crippen LogP contribution in [-0.2, 0) is 24.4 Å². The lowest BCUT2D eigenvalue weighted by Crippen LogP contribution is -2.37. The fraction of sp³-hybridized carbons (Fsp3) is 0.438. The van der Waals surface area contributed by atoms with Crippen molar-refractivity contribution in [3.8, 4) is 11.5 Å². The number of carbonyl (C=O) groups is 2. The molecular formula is C32H35ClO7S. The first-order chi connectivity index (χ1) is 19.1. The van der Waals surface area contributed by atoms with Gasteiger partial charge >= 0.3 is 10.1 Å². The van der Waals surface area contributed by atoms with Crippen molar-refractivity contribution in [3.63, 3.8) is 0 Å². The van der Waals surface area contributed by atoms with E-state index in [1.165, 1.54) is 12.1 Å². The molecule has 7 nitrogen and oxygen atoms in total. The van der Waals surface area contributed by atoms with E-state index in [0.29, 0.717) is 53.9 Å². The lowest BCUT2D eigenvalue weighted by atomic mass is 9.65. The van der Waals surface area contributed by atoms with Gasteiger partial charge in [0.1, 0.15) is 16.4 Å². The minimum Gasteiger partial charge on any atom is -0.490 e. The van der Waals surface area contributed by atoms with Gasteiger partial charge in [-0.05, 0) is 54.5 Å². The third kappa shape index (κ3) is 5.69. The van der Waals surface area contributed by atoms with Crippen LogP contribution in [0.3, 0.4) is 0 Å². The number of aryl methyl sites for hydroxylation is 1. The number of rotatable bonds is 6. The van der Waals surface area contributed by atoms with E-state index < -0.39 is 16.0 Å². The van der Waals surface area contributed by atoms with E-state index in [-0.39, 0.29) is 50.4 Å². The fourth-order valence-corrected chi connectivity index (χ4v) is 7.23. The zero-order valence-electron chi connectivity index (χ0n) is 24.2. The Morgan fingerprint density at radius 2 is 1.44 bits per heavy atom. The van der Waals surface area contributed by atoms with E-state index in [0.717, 1.165) is 5.56 Å². The first-order valence-corrected chi connectivity index (χ1v) is 15.6. The highest BCUT2D eigenvalue weighted by Gasteiger charge is 2.48. The maximum Gasteiger partial charge on any atom is 0.339 e. The summed E-state index contributed by atoms with van der Waals surface area (Å²) in [6, 6.07) is 9.47. The van der Waals surface area contributed by atoms with Crippen LogP contribution in [0.5, 0.6) is 11.5 Å². The predicted molar refractivity (Wildman–Crippen MR) is 156 cm³/mol. The molecule has 0 saturated heterocycles. The number of hydrogen-bond acceptors (Lipinski definition) is 7. The van der Waals surface area contributed by atoms with Gasteiger partial charge in [-0.2, -0.15) is 8.42 Å². The second-order valence-electron chi connectivity index (χ2n) is 12.7. The van der Waals surface area contributed by atoms with Gasteiger partial charge in [-0.3, -0.25) is 9.59 Å². The van der Waals surface area contributed by atoms with Gasteiger partial charge in [-0.25, -0.2) is 0 Å². The highest BCUT2D eigenvalue weighted by atomic mass is 35.5. The van der Waals surface area contributed by atoms with Crippen LogP contribution < -0.4 is 8.92 Å². The Labute approximate surface area is 246 Å². The van der Waals surface area contributed by atoms with Crippen molar-refractivity contribution in [1.82, 2.24) is 0 Å². The molecule has 5 rings (SSSR count). The average molecular weight is 599 g/mol. The van der Waals surface area contributed by atoms with Crippen molar-refractivity contribution < 1.29 is 31.7 Å². The Kier molecular flexibility index (Phi) is 7.40. The molecule has 0 spiro atoms. The standard InChI is InChI=1S/C32H35ClO7S/c1-7-38-24-13-19(12-21(33)30(24)40-41(36,37)20-10-8-18(2)9-11-20)27-28-22(34)14-31(3,4)16-25(28)39-26-17-32(5,6)15-23(35)29(26)27/h8-13,27H,7,14-17H2,1-6H3. The number of allylic oxidation sites excluding steroid dienone is 4. The van der Waals surface area contributed by atoms with Crippen molar-refractivity contribution in [2.75, 3.05) is 6.61 Å². The van der Waals surface area contributed by atoms with Crippen LogP contribution in [0.1, 0.15) is 77.3 Å². The second-order valence-corrected chi connectivity index (χ2v) is 14.7. The van der Waals surface area contributed by atoms with Gasteiger partial charge in [0.2, 0.25) is 5.75 Å². The summed E-state index contributed by atoms with van der Waals surface area (Å²) in [6.07, 6.45) is 1.74. The summed E-state index contributed by atoms with van der Waals surface area (Å²) >= 11 is 6.72. The molecule has 2 aromatic carbocycles. The summed E-state index contributed by atoms with van der Waals surface area (Å²) in [7, 11) is -4.22. The molecule has 0 atom stereocenters. The summed E-state index contributed by atoms with van der Waals surface area (Å²) < 4.78 is 44.0. The summed E-state index contributed by atoms with van der Waals surface area (Å²) in [4.78, 5) is 27.2. The van der Waals surface area contributed by atoms with E-state index in [1.54, 1.807) is 31.2 Å². The Morgan fingerprint density at radius 1 is 0.902 bits per heavy atom. The molecule has 1 aliphatic heterocycles. The molecule has 3 aliphatic rings. The van der Waals surface area contributed by atoms with Gasteiger partial charge in [0.15, 0.2) is 17.3 Å². The summed E-state index contributed by atoms with van der Waals surface area (Å²) in [5.74, 6) is 0.242. The van der Waals surface area contributed by atoms with Crippen LogP contribution in [-0.4, -0.2) is 26.6 Å². The quantitative estimate of drug-likeness (QED) is 0.324. The maximum absolute atomic E-state index is 13.6. The molecule has 1 heterocycles. The molecule has 0 radical (unpaired) electrons. The van der Waals surface area contributed by atoms with Crippen LogP contribution in [0.2, 0.25) is 5.02 Å². The fourth-order valence-electron chi connectivity index (χ4n) is 5.97. The van der Waals surface area contributed by atoms with Gasteiger partial charge in [-0.1, -0.05) is 57.0 Å². The molecule has 0 unspecified atom stereocenters. The lowest BCUT2D eigenvalue weighted by Gasteiger charge is -2.42. The molecule has 41 heavy (non-hydrogen) atoms. The second kappa shape index (κ2) is 10.3. The van der Waals surface area contributed by atoms with Crippen LogP contribution >= 0.6 is 11.6 Å². The van der Waals surface area contributed by atoms with E-state index in [9.17, 15) is 18.0 Å². The number of Topliss-reactive ketones (excluding diaryl/α,β-unsaturated/α-hetero) is 2. The minimum absolute atomic E-state index is 0.00962. The molecular weight excluding hydrogens is 564 g/mol. The zero-order chi connectivity index (χ0) is 29.9. The average Bonchev–Trinajstić information content (AvgIpc) is 2.83. The highest BCUT2D eigenvalue weighted by molar-refractivity contribution is 7.87. The molecule has 9 heteroatoms. The molecule has 0 fully saturated rings. The smallest absolute Gasteiger partial charge is 0.339 e. The molecule has 0 amide bonds. The van der Waals surface area contributed by atoms with Crippen molar-refractivity contribution in [1.29, 1.82) is 0 Å². The van der Waals surface area contributed by atoms with E-state index in [2.05, 4.69) is 0 Å². The van der Waals surface area contributed by atoms with Crippen LogP contribution in [0, 0.1) is 17.8 Å². The van der Waals surface area contributed by atoms with E-state index in [1.807, 2.05) is 34.6 Å². The zero-order valence-corrected chi connectivity index (χ0v) is 25.8. The van der Waals surface area contributed by atoms with Crippen molar-refractivity contribution in [3.05, 3.63) is 75.2 Å². The SMILES string of the molecule is CCOc1cc(C2C3=C(CC(C)(C)CC3=O)OC3=C2C(=O)CC(C)(C)C3)cc(Cl)c1OS(=O)(=O)c1ccc(C)cc1. The highest BCUT2D eigenvalue weighted by Crippen LogP contribution is 2.54. The van der Waals surface area contributed by atoms with Gasteiger partial charge < -0.3 is 13.7 Å². The maximum atomic E-state index is 13.6. The first-order valence-electron chi connectivity index (χ1n) is 13.8. The van der Waals surface area contributed by atoms with Gasteiger partial charge in [0.05, 0.1) is 11.6 Å². The normalized spacial score (nSPS) is 20.4. The number of hydrogen-bond donors (Lipinski definition) is 0. The Bertz CT molecular complexity index is 1560. The van der Waals surface area contributed by atoms with Crippen LogP contribution in [0.15, 0.2) is 64.0 Å². The van der Waals surface area contributed by atoms with Gasteiger partial charge in [-0.15, -0.1) is 0 Å². The number of ketones is 2. The molecule has 2 aliphatic carbocycles. The van der Waals surface area contributed by atoms with Crippen LogP contribution in [0.4, 0.5) is 0 Å². The molecule has 0 saturated carbocycles. The number of carbonyl (C=O) groups excluding carboxylic acids is 2. The van der Waals surface area contributed by atoms with Crippen molar-refractivity contribution >= 4 is 33.3 Å². The van der Waals surface area contributed by atoms with Gasteiger partial charge in [0.25, 0.3) is 0 Å². The van der Waals surface area contributed by atoms with Crippen LogP contribution in [0.25, 0.3) is 0 Å². The largest absolute Gasteiger partial charge is 0.490 e. The summed E-state index contributed by atoms with van der Waals surface area (Å²) in [5.41, 5.74) is 1.78. The molecule has 0 bridgehead atoms. The summed E-state index contributed by atoms with van der Waals surface area (Å²) in [5, 5.41) is -0.00962. The first kappa shape index (κ1) is 29.4. The molecule has 0 N–H and O–H groups in total. The molecule has 2 aromatic rings. The number of halogens is 1. The lowest BCUT2D eigenvalue weighted by molar-refractivity contribution is -0.120. The third-order valence-corrected chi connectivity index (χ3v) is 9.27. The van der Waals surface area contributed by atoms with Crippen molar-refractivity contribution in [2.24, 2.45) is 10.8 Å². The Morgan fingerprint density at radius 3 is 1.95 bits per heavy atom. The monoisotopic (exact) mass is 598 g/mol.